The average molecular weight is 350 g/mol. The Kier molecular flexibility index (Phi) is 3.31. The van der Waals surface area contributed by atoms with E-state index in [1.165, 1.54) is 0 Å². The number of carbonyl (C=O) groups is 2. The molecular weight excluding hydrogens is 332 g/mol. The highest BCUT2D eigenvalue weighted by Crippen LogP contribution is 2.28. The van der Waals surface area contributed by atoms with E-state index in [1.807, 2.05) is 27.9 Å². The van der Waals surface area contributed by atoms with E-state index in [-0.39, 0.29) is 17.9 Å². The van der Waals surface area contributed by atoms with E-state index in [0.29, 0.717) is 25.1 Å². The van der Waals surface area contributed by atoms with Crippen LogP contribution in [0.1, 0.15) is 29.2 Å². The molecule has 8 nitrogen and oxygen atoms in total. The van der Waals surface area contributed by atoms with Gasteiger partial charge in [0.25, 0.3) is 5.91 Å². The van der Waals surface area contributed by atoms with Crippen molar-refractivity contribution in [1.29, 1.82) is 0 Å². The molecule has 0 spiro atoms. The van der Waals surface area contributed by atoms with Gasteiger partial charge in [-0.15, -0.1) is 0 Å². The number of fused-ring (bicyclic) bond motifs is 1. The zero-order valence-corrected chi connectivity index (χ0v) is 14.1. The van der Waals surface area contributed by atoms with Gasteiger partial charge in [-0.05, 0) is 18.6 Å². The Morgan fingerprint density at radius 1 is 1.31 bits per heavy atom. The Balaban J connectivity index is 1.28. The molecule has 2 aliphatic rings. The number of amides is 2. The second-order valence-electron chi connectivity index (χ2n) is 6.79. The van der Waals surface area contributed by atoms with Crippen LogP contribution in [0.2, 0.25) is 0 Å². The summed E-state index contributed by atoms with van der Waals surface area (Å²) in [5, 5.41) is 5.23. The van der Waals surface area contributed by atoms with Crippen LogP contribution in [0.5, 0.6) is 0 Å². The molecule has 3 aromatic rings. The molecule has 0 bridgehead atoms. The van der Waals surface area contributed by atoms with Gasteiger partial charge >= 0.3 is 0 Å². The summed E-state index contributed by atoms with van der Waals surface area (Å²) in [7, 11) is 0. The minimum atomic E-state index is 0.00241. The molecular formula is C18H18N6O2. The molecule has 5 rings (SSSR count). The van der Waals surface area contributed by atoms with Crippen molar-refractivity contribution in [3.05, 3.63) is 42.5 Å². The van der Waals surface area contributed by atoms with Gasteiger partial charge in [-0.2, -0.15) is 5.10 Å². The van der Waals surface area contributed by atoms with E-state index < -0.39 is 0 Å². The van der Waals surface area contributed by atoms with Crippen LogP contribution in [0.4, 0.5) is 5.69 Å². The molecule has 5 heterocycles. The fraction of sp³-hybridized carbons (Fsp3) is 0.333. The number of hydrogen-bond donors (Lipinski definition) is 1. The van der Waals surface area contributed by atoms with Crippen molar-refractivity contribution in [1.82, 2.24) is 24.6 Å². The first kappa shape index (κ1) is 15.1. The maximum atomic E-state index is 12.7. The number of carbonyl (C=O) groups excluding carboxylic acids is 2. The zero-order valence-electron chi connectivity index (χ0n) is 14.1. The number of pyridine rings is 1. The molecule has 0 atom stereocenters. The Morgan fingerprint density at radius 2 is 2.19 bits per heavy atom. The van der Waals surface area contributed by atoms with E-state index in [1.54, 1.807) is 23.5 Å². The van der Waals surface area contributed by atoms with Crippen LogP contribution in [0.15, 0.2) is 36.9 Å². The number of aromatic amines is 1. The largest absolute Gasteiger partial charge is 0.345 e. The van der Waals surface area contributed by atoms with Crippen LogP contribution in [0.25, 0.3) is 11.0 Å². The topological polar surface area (TPSA) is 87.1 Å². The first-order valence-corrected chi connectivity index (χ1v) is 8.76. The lowest BCUT2D eigenvalue weighted by Crippen LogP contribution is -2.50. The highest BCUT2D eigenvalue weighted by atomic mass is 16.2. The van der Waals surface area contributed by atoms with Crippen LogP contribution in [0, 0.1) is 0 Å². The second-order valence-corrected chi connectivity index (χ2v) is 6.79. The first-order valence-electron chi connectivity index (χ1n) is 8.76. The standard InChI is InChI=1S/C18H18N6O2/c25-16-4-2-6-23(16)12-7-21-24(11-12)13-9-22(10-13)18(26)15-8-20-17-14(15)3-1-5-19-17/h1,3,5,7-8,11,13H,2,4,6,9-10H2,(H,19,20). The van der Waals surface area contributed by atoms with Crippen LogP contribution < -0.4 is 4.90 Å². The van der Waals surface area contributed by atoms with Gasteiger partial charge in [0.2, 0.25) is 5.91 Å². The summed E-state index contributed by atoms with van der Waals surface area (Å²) in [5.41, 5.74) is 2.22. The number of hydrogen-bond acceptors (Lipinski definition) is 4. The summed E-state index contributed by atoms with van der Waals surface area (Å²) >= 11 is 0. The third-order valence-electron chi connectivity index (χ3n) is 5.18. The van der Waals surface area contributed by atoms with Crippen molar-refractivity contribution >= 4 is 28.5 Å². The molecule has 8 heteroatoms. The Labute approximate surface area is 149 Å². The molecule has 2 saturated heterocycles. The molecule has 2 aliphatic heterocycles. The number of rotatable bonds is 3. The van der Waals surface area contributed by atoms with Gasteiger partial charge in [0.1, 0.15) is 5.65 Å². The number of nitrogens with one attached hydrogen (secondary N) is 1. The smallest absolute Gasteiger partial charge is 0.256 e. The van der Waals surface area contributed by atoms with Gasteiger partial charge in [-0.3, -0.25) is 14.3 Å². The molecule has 0 aliphatic carbocycles. The minimum absolute atomic E-state index is 0.00241. The van der Waals surface area contributed by atoms with Crippen LogP contribution >= 0.6 is 0 Å². The third kappa shape index (κ3) is 2.29. The Morgan fingerprint density at radius 3 is 3.00 bits per heavy atom. The maximum absolute atomic E-state index is 12.7. The monoisotopic (exact) mass is 350 g/mol. The molecule has 3 aromatic heterocycles. The molecule has 2 fully saturated rings. The van der Waals surface area contributed by atoms with Crippen molar-refractivity contribution in [2.75, 3.05) is 24.5 Å². The summed E-state index contributed by atoms with van der Waals surface area (Å²) in [6.07, 6.45) is 8.57. The molecule has 0 saturated carbocycles. The van der Waals surface area contributed by atoms with E-state index in [4.69, 9.17) is 0 Å². The van der Waals surface area contributed by atoms with Gasteiger partial charge in [0, 0.05) is 50.0 Å². The fourth-order valence-electron chi connectivity index (χ4n) is 3.68. The van der Waals surface area contributed by atoms with E-state index in [0.717, 1.165) is 29.7 Å². The molecule has 0 unspecified atom stereocenters. The van der Waals surface area contributed by atoms with E-state index in [9.17, 15) is 9.59 Å². The number of anilines is 1. The molecule has 1 N–H and O–H groups in total. The fourth-order valence-corrected chi connectivity index (χ4v) is 3.68. The highest BCUT2D eigenvalue weighted by molar-refractivity contribution is 6.06. The van der Waals surface area contributed by atoms with Gasteiger partial charge in [-0.25, -0.2) is 4.98 Å². The number of H-pyrrole nitrogens is 1. The lowest BCUT2D eigenvalue weighted by atomic mass is 10.1. The Bertz CT molecular complexity index is 1000. The first-order chi connectivity index (χ1) is 12.7. The molecule has 0 radical (unpaired) electrons. The van der Waals surface area contributed by atoms with Crippen molar-refractivity contribution in [2.45, 2.75) is 18.9 Å². The van der Waals surface area contributed by atoms with Crippen LogP contribution in [-0.2, 0) is 4.79 Å². The predicted octanol–water partition coefficient (Wildman–Crippen LogP) is 1.58. The highest BCUT2D eigenvalue weighted by Gasteiger charge is 2.34. The maximum Gasteiger partial charge on any atom is 0.256 e. The van der Waals surface area contributed by atoms with Crippen molar-refractivity contribution in [3.8, 4) is 0 Å². The van der Waals surface area contributed by atoms with E-state index in [2.05, 4.69) is 15.1 Å². The quantitative estimate of drug-likeness (QED) is 0.777. The van der Waals surface area contributed by atoms with Gasteiger partial charge < -0.3 is 14.8 Å². The number of likely N-dealkylation sites (tertiary alicyclic amines) is 1. The van der Waals surface area contributed by atoms with Gasteiger partial charge in [0.05, 0.1) is 23.5 Å². The van der Waals surface area contributed by atoms with Gasteiger partial charge in [0.15, 0.2) is 0 Å². The van der Waals surface area contributed by atoms with Crippen molar-refractivity contribution < 1.29 is 9.59 Å². The second kappa shape index (κ2) is 5.69. The molecule has 2 amide bonds. The normalized spacial score (nSPS) is 17.9. The summed E-state index contributed by atoms with van der Waals surface area (Å²) in [4.78, 5) is 35.4. The summed E-state index contributed by atoms with van der Waals surface area (Å²) < 4.78 is 1.86. The van der Waals surface area contributed by atoms with Gasteiger partial charge in [-0.1, -0.05) is 0 Å². The lowest BCUT2D eigenvalue weighted by molar-refractivity contribution is -0.117. The van der Waals surface area contributed by atoms with Crippen molar-refractivity contribution in [2.24, 2.45) is 0 Å². The number of nitrogens with zero attached hydrogens (tertiary/aromatic N) is 5. The summed E-state index contributed by atoms with van der Waals surface area (Å²) in [6.45, 7) is 1.98. The van der Waals surface area contributed by atoms with E-state index >= 15 is 0 Å². The average Bonchev–Trinajstić information content (AvgIpc) is 3.32. The number of aromatic nitrogens is 4. The Hall–Kier alpha value is -3.16. The molecule has 132 valence electrons. The van der Waals surface area contributed by atoms with Crippen LogP contribution in [0.3, 0.4) is 0 Å². The predicted molar refractivity (Wildman–Crippen MR) is 94.8 cm³/mol. The molecule has 26 heavy (non-hydrogen) atoms. The third-order valence-corrected chi connectivity index (χ3v) is 5.18. The summed E-state index contributed by atoms with van der Waals surface area (Å²) in [5.74, 6) is 0.158. The SMILES string of the molecule is O=C(c1c[nH]c2ncccc12)N1CC(n2cc(N3CCCC3=O)cn2)C1. The zero-order chi connectivity index (χ0) is 17.7. The minimum Gasteiger partial charge on any atom is -0.345 e. The lowest BCUT2D eigenvalue weighted by Gasteiger charge is -2.39. The van der Waals surface area contributed by atoms with Crippen LogP contribution in [-0.4, -0.2) is 56.1 Å². The molecule has 0 aromatic carbocycles. The van der Waals surface area contributed by atoms with Crippen molar-refractivity contribution in [3.63, 3.8) is 0 Å². The summed E-state index contributed by atoms with van der Waals surface area (Å²) in [6, 6.07) is 3.88.